The van der Waals surface area contributed by atoms with Gasteiger partial charge < -0.3 is 16.0 Å². The Morgan fingerprint density at radius 1 is 1.36 bits per heavy atom. The standard InChI is InChI=1S/C19H20N4OS/c1-11-4-3-5-13(8-11)21-18(24)17-16(20)14-9-12-10-23(2)7-6-15(12)22-19(14)25-17/h3-5,8-9H,6-7,10,20H2,1-2H3,(H,21,24). The first-order valence-electron chi connectivity index (χ1n) is 8.28. The summed E-state index contributed by atoms with van der Waals surface area (Å²) in [6, 6.07) is 9.83. The summed E-state index contributed by atoms with van der Waals surface area (Å²) in [5.74, 6) is -0.179. The Kier molecular flexibility index (Phi) is 3.94. The van der Waals surface area contributed by atoms with Gasteiger partial charge in [0.15, 0.2) is 0 Å². The van der Waals surface area contributed by atoms with Gasteiger partial charge in [-0.2, -0.15) is 0 Å². The zero-order valence-corrected chi connectivity index (χ0v) is 15.1. The highest BCUT2D eigenvalue weighted by Crippen LogP contribution is 2.35. The Labute approximate surface area is 150 Å². The number of benzene rings is 1. The van der Waals surface area contributed by atoms with Gasteiger partial charge in [0.2, 0.25) is 0 Å². The number of nitrogen functional groups attached to an aromatic ring is 1. The lowest BCUT2D eigenvalue weighted by Gasteiger charge is -2.24. The molecule has 0 atom stereocenters. The molecule has 0 aliphatic carbocycles. The summed E-state index contributed by atoms with van der Waals surface area (Å²) < 4.78 is 0. The molecule has 2 aromatic heterocycles. The summed E-state index contributed by atoms with van der Waals surface area (Å²) in [5.41, 5.74) is 11.0. The van der Waals surface area contributed by atoms with E-state index in [-0.39, 0.29) is 5.91 Å². The third-order valence-corrected chi connectivity index (χ3v) is 5.66. The van der Waals surface area contributed by atoms with Crippen molar-refractivity contribution in [2.24, 2.45) is 0 Å². The molecule has 3 aromatic rings. The molecule has 0 saturated heterocycles. The van der Waals surface area contributed by atoms with Gasteiger partial charge in [-0.25, -0.2) is 4.98 Å². The number of nitrogens with zero attached hydrogens (tertiary/aromatic N) is 2. The number of nitrogens with two attached hydrogens (primary N) is 1. The van der Waals surface area contributed by atoms with Crippen molar-refractivity contribution in [1.29, 1.82) is 0 Å². The van der Waals surface area contributed by atoms with E-state index < -0.39 is 0 Å². The molecule has 1 aliphatic rings. The SMILES string of the molecule is Cc1cccc(NC(=O)c2sc3nc4c(cc3c2N)CN(C)CC4)c1. The van der Waals surface area contributed by atoms with Crippen molar-refractivity contribution in [3.8, 4) is 0 Å². The average molecular weight is 352 g/mol. The number of pyridine rings is 1. The molecule has 3 heterocycles. The van der Waals surface area contributed by atoms with Crippen LogP contribution in [0.3, 0.4) is 0 Å². The summed E-state index contributed by atoms with van der Waals surface area (Å²) in [6.45, 7) is 3.88. The zero-order valence-electron chi connectivity index (χ0n) is 14.3. The number of hydrogen-bond donors (Lipinski definition) is 2. The Hall–Kier alpha value is -2.44. The monoisotopic (exact) mass is 352 g/mol. The third-order valence-electron chi connectivity index (χ3n) is 4.54. The molecule has 0 fully saturated rings. The number of aryl methyl sites for hydroxylation is 1. The summed E-state index contributed by atoms with van der Waals surface area (Å²) in [6.07, 6.45) is 0.935. The van der Waals surface area contributed by atoms with Crippen molar-refractivity contribution >= 4 is 38.8 Å². The first-order chi connectivity index (χ1) is 12.0. The number of nitrogens with one attached hydrogen (secondary N) is 1. The largest absolute Gasteiger partial charge is 0.397 e. The molecule has 1 aromatic carbocycles. The van der Waals surface area contributed by atoms with Crippen LogP contribution in [0.5, 0.6) is 0 Å². The van der Waals surface area contributed by atoms with Gasteiger partial charge in [0, 0.05) is 36.3 Å². The van der Waals surface area contributed by atoms with Gasteiger partial charge >= 0.3 is 0 Å². The zero-order chi connectivity index (χ0) is 17.6. The minimum Gasteiger partial charge on any atom is -0.397 e. The summed E-state index contributed by atoms with van der Waals surface area (Å²) >= 11 is 1.37. The van der Waals surface area contributed by atoms with Crippen molar-refractivity contribution in [2.75, 3.05) is 24.6 Å². The molecule has 3 N–H and O–H groups in total. The van der Waals surface area contributed by atoms with Crippen LogP contribution in [-0.2, 0) is 13.0 Å². The minimum absolute atomic E-state index is 0.179. The molecular weight excluding hydrogens is 332 g/mol. The maximum atomic E-state index is 12.7. The van der Waals surface area contributed by atoms with Crippen LogP contribution in [0, 0.1) is 6.92 Å². The highest BCUT2D eigenvalue weighted by Gasteiger charge is 2.21. The fourth-order valence-electron chi connectivity index (χ4n) is 3.22. The van der Waals surface area contributed by atoms with Crippen LogP contribution in [0.2, 0.25) is 0 Å². The molecule has 0 unspecified atom stereocenters. The Balaban J connectivity index is 1.70. The van der Waals surface area contributed by atoms with E-state index in [1.807, 2.05) is 31.2 Å². The lowest BCUT2D eigenvalue weighted by molar-refractivity contribution is 0.103. The minimum atomic E-state index is -0.179. The number of likely N-dealkylation sites (N-methyl/N-ethyl adjacent to an activating group) is 1. The molecule has 4 rings (SSSR count). The fraction of sp³-hybridized carbons (Fsp3) is 0.263. The van der Waals surface area contributed by atoms with Gasteiger partial charge in [-0.1, -0.05) is 12.1 Å². The lowest BCUT2D eigenvalue weighted by atomic mass is 10.0. The van der Waals surface area contributed by atoms with E-state index in [0.29, 0.717) is 10.6 Å². The number of rotatable bonds is 2. The molecule has 1 aliphatic heterocycles. The highest BCUT2D eigenvalue weighted by atomic mass is 32.1. The van der Waals surface area contributed by atoms with Crippen molar-refractivity contribution in [2.45, 2.75) is 19.9 Å². The van der Waals surface area contributed by atoms with E-state index in [1.54, 1.807) is 0 Å². The molecular formula is C19H20N4OS. The number of amides is 1. The number of fused-ring (bicyclic) bond motifs is 2. The van der Waals surface area contributed by atoms with Gasteiger partial charge in [-0.05, 0) is 43.3 Å². The summed E-state index contributed by atoms with van der Waals surface area (Å²) in [4.78, 5) is 21.1. The van der Waals surface area contributed by atoms with E-state index in [0.717, 1.165) is 46.7 Å². The fourth-order valence-corrected chi connectivity index (χ4v) is 4.21. The summed E-state index contributed by atoms with van der Waals surface area (Å²) in [5, 5.41) is 3.82. The van der Waals surface area contributed by atoms with E-state index in [9.17, 15) is 4.79 Å². The van der Waals surface area contributed by atoms with Crippen LogP contribution in [0.1, 0.15) is 26.5 Å². The Bertz CT molecular complexity index is 979. The molecule has 0 saturated carbocycles. The second-order valence-corrected chi connectivity index (χ2v) is 7.60. The van der Waals surface area contributed by atoms with E-state index in [4.69, 9.17) is 10.7 Å². The highest BCUT2D eigenvalue weighted by molar-refractivity contribution is 7.21. The first kappa shape index (κ1) is 16.1. The molecule has 1 amide bonds. The number of carbonyl (C=O) groups excluding carboxylic acids is 1. The molecule has 25 heavy (non-hydrogen) atoms. The van der Waals surface area contributed by atoms with Crippen LogP contribution in [0.25, 0.3) is 10.2 Å². The Morgan fingerprint density at radius 3 is 3.00 bits per heavy atom. The molecule has 6 heteroatoms. The number of thiophene rings is 1. The van der Waals surface area contributed by atoms with E-state index in [2.05, 4.69) is 23.3 Å². The number of carbonyl (C=O) groups is 1. The molecule has 0 bridgehead atoms. The predicted octanol–water partition coefficient (Wildman–Crippen LogP) is 3.43. The van der Waals surface area contributed by atoms with Crippen molar-refractivity contribution < 1.29 is 4.79 Å². The van der Waals surface area contributed by atoms with E-state index in [1.165, 1.54) is 16.9 Å². The van der Waals surface area contributed by atoms with Crippen molar-refractivity contribution in [3.63, 3.8) is 0 Å². The van der Waals surface area contributed by atoms with Gasteiger partial charge in [0.1, 0.15) is 9.71 Å². The molecule has 5 nitrogen and oxygen atoms in total. The molecule has 0 spiro atoms. The van der Waals surface area contributed by atoms with Gasteiger partial charge in [-0.15, -0.1) is 11.3 Å². The quantitative estimate of drug-likeness (QED) is 0.741. The topological polar surface area (TPSA) is 71.2 Å². The van der Waals surface area contributed by atoms with Gasteiger partial charge in [-0.3, -0.25) is 4.79 Å². The third kappa shape index (κ3) is 2.99. The van der Waals surface area contributed by atoms with Crippen LogP contribution in [0.4, 0.5) is 11.4 Å². The van der Waals surface area contributed by atoms with Gasteiger partial charge in [0.05, 0.1) is 5.69 Å². The van der Waals surface area contributed by atoms with Crippen LogP contribution in [0.15, 0.2) is 30.3 Å². The smallest absolute Gasteiger partial charge is 0.267 e. The number of hydrogen-bond acceptors (Lipinski definition) is 5. The maximum Gasteiger partial charge on any atom is 0.267 e. The van der Waals surface area contributed by atoms with Crippen molar-refractivity contribution in [3.05, 3.63) is 52.0 Å². The summed E-state index contributed by atoms with van der Waals surface area (Å²) in [7, 11) is 2.10. The number of anilines is 2. The Morgan fingerprint density at radius 2 is 2.20 bits per heavy atom. The van der Waals surface area contributed by atoms with E-state index >= 15 is 0 Å². The molecule has 128 valence electrons. The van der Waals surface area contributed by atoms with Crippen LogP contribution in [-0.4, -0.2) is 29.4 Å². The predicted molar refractivity (Wildman–Crippen MR) is 103 cm³/mol. The first-order valence-corrected chi connectivity index (χ1v) is 9.10. The van der Waals surface area contributed by atoms with Crippen LogP contribution < -0.4 is 11.1 Å². The normalized spacial score (nSPS) is 14.5. The van der Waals surface area contributed by atoms with Gasteiger partial charge in [0.25, 0.3) is 5.91 Å². The molecule has 0 radical (unpaired) electrons. The van der Waals surface area contributed by atoms with Crippen molar-refractivity contribution in [1.82, 2.24) is 9.88 Å². The lowest BCUT2D eigenvalue weighted by Crippen LogP contribution is -2.27. The second-order valence-electron chi connectivity index (χ2n) is 6.60. The van der Waals surface area contributed by atoms with Crippen LogP contribution >= 0.6 is 11.3 Å². The maximum absolute atomic E-state index is 12.7. The average Bonchev–Trinajstić information content (AvgIpc) is 2.89. The second kappa shape index (κ2) is 6.13. The number of aromatic nitrogens is 1.